The minimum Gasteiger partial charge on any atom is -0.442 e. The third-order valence-electron chi connectivity index (χ3n) is 6.50. The molecule has 4 heterocycles. The van der Waals surface area contributed by atoms with E-state index in [-0.39, 0.29) is 36.5 Å². The molecule has 0 bridgehead atoms. The van der Waals surface area contributed by atoms with Gasteiger partial charge < -0.3 is 19.7 Å². The minimum atomic E-state index is -0.545. The molecule has 0 spiro atoms. The lowest BCUT2D eigenvalue weighted by Crippen LogP contribution is -2.35. The van der Waals surface area contributed by atoms with Gasteiger partial charge in [-0.05, 0) is 38.0 Å². The quantitative estimate of drug-likeness (QED) is 0.660. The van der Waals surface area contributed by atoms with Crippen molar-refractivity contribution in [1.82, 2.24) is 20.3 Å². The van der Waals surface area contributed by atoms with Crippen molar-refractivity contribution in [2.24, 2.45) is 0 Å². The van der Waals surface area contributed by atoms with E-state index in [4.69, 9.17) is 9.47 Å². The van der Waals surface area contributed by atoms with Crippen molar-refractivity contribution in [3.63, 3.8) is 0 Å². The Morgan fingerprint density at radius 3 is 2.76 bits per heavy atom. The molecular weight excluding hydrogens is 431 g/mol. The molecular formula is C22H27FN6O4. The Kier molecular flexibility index (Phi) is 5.43. The van der Waals surface area contributed by atoms with Crippen molar-refractivity contribution in [2.75, 3.05) is 42.6 Å². The van der Waals surface area contributed by atoms with Gasteiger partial charge in [0.1, 0.15) is 23.2 Å². The molecule has 2 amide bonds. The summed E-state index contributed by atoms with van der Waals surface area (Å²) in [6, 6.07) is 5.01. The van der Waals surface area contributed by atoms with Crippen molar-refractivity contribution in [3.05, 3.63) is 35.9 Å². The van der Waals surface area contributed by atoms with Crippen LogP contribution in [0.5, 0.6) is 0 Å². The SMILES string of the molecule is CC(=O)NCC1CN(c2ccc(N3CCC(n4cc(C5(C)CO5)nn4)CC3)c(F)c2)C(=O)O1. The standard InChI is InChI=1S/C22H27FN6O4/c1-14(30)24-10-17-11-28(21(31)33-17)16-3-4-19(18(23)9-16)27-7-5-15(6-8-27)29-12-20(25-26-29)22(2)13-32-22/h3-4,9,12,15,17H,5-8,10-11,13H2,1-2H3,(H,24,30). The van der Waals surface area contributed by atoms with Crippen LogP contribution >= 0.6 is 0 Å². The number of amides is 2. The second-order valence-corrected chi connectivity index (χ2v) is 9.01. The molecule has 5 rings (SSSR count). The summed E-state index contributed by atoms with van der Waals surface area (Å²) in [4.78, 5) is 26.7. The molecule has 0 saturated carbocycles. The van der Waals surface area contributed by atoms with E-state index in [1.807, 2.05) is 22.7 Å². The van der Waals surface area contributed by atoms with E-state index in [2.05, 4.69) is 15.6 Å². The highest BCUT2D eigenvalue weighted by molar-refractivity contribution is 5.90. The fourth-order valence-corrected chi connectivity index (χ4v) is 4.34. The van der Waals surface area contributed by atoms with E-state index in [1.165, 1.54) is 17.9 Å². The number of ether oxygens (including phenoxy) is 2. The van der Waals surface area contributed by atoms with Gasteiger partial charge in [-0.25, -0.2) is 13.9 Å². The number of anilines is 2. The highest BCUT2D eigenvalue weighted by Crippen LogP contribution is 2.37. The second-order valence-electron chi connectivity index (χ2n) is 9.01. The number of benzene rings is 1. The number of cyclic esters (lactones) is 1. The molecule has 10 nitrogen and oxygen atoms in total. The van der Waals surface area contributed by atoms with E-state index in [9.17, 15) is 9.59 Å². The number of carbonyl (C=O) groups is 2. The zero-order chi connectivity index (χ0) is 23.2. The lowest BCUT2D eigenvalue weighted by atomic mass is 10.0. The molecule has 2 atom stereocenters. The van der Waals surface area contributed by atoms with Gasteiger partial charge in [0, 0.05) is 20.0 Å². The highest BCUT2D eigenvalue weighted by atomic mass is 19.1. The zero-order valence-corrected chi connectivity index (χ0v) is 18.7. The van der Waals surface area contributed by atoms with Gasteiger partial charge in [0.25, 0.3) is 0 Å². The molecule has 1 aromatic carbocycles. The van der Waals surface area contributed by atoms with Gasteiger partial charge in [-0.1, -0.05) is 5.21 Å². The van der Waals surface area contributed by atoms with Crippen LogP contribution in [0.25, 0.3) is 0 Å². The molecule has 2 aromatic rings. The number of hydrogen-bond donors (Lipinski definition) is 1. The minimum absolute atomic E-state index is 0.195. The van der Waals surface area contributed by atoms with Gasteiger partial charge in [0.05, 0.1) is 43.3 Å². The van der Waals surface area contributed by atoms with Gasteiger partial charge in [0.15, 0.2) is 0 Å². The normalized spacial score (nSPS) is 25.3. The van der Waals surface area contributed by atoms with Gasteiger partial charge in [0.2, 0.25) is 5.91 Å². The summed E-state index contributed by atoms with van der Waals surface area (Å²) in [7, 11) is 0. The molecule has 3 aliphatic rings. The zero-order valence-electron chi connectivity index (χ0n) is 18.7. The number of nitrogens with one attached hydrogen (secondary N) is 1. The van der Waals surface area contributed by atoms with Crippen LogP contribution in [0, 0.1) is 5.82 Å². The van der Waals surface area contributed by atoms with E-state index in [0.717, 1.165) is 18.5 Å². The Bertz CT molecular complexity index is 1060. The summed E-state index contributed by atoms with van der Waals surface area (Å²) < 4.78 is 27.6. The van der Waals surface area contributed by atoms with Crippen LogP contribution in [0.15, 0.2) is 24.4 Å². The molecule has 33 heavy (non-hydrogen) atoms. The van der Waals surface area contributed by atoms with Crippen molar-refractivity contribution in [1.29, 1.82) is 0 Å². The number of nitrogens with zero attached hydrogens (tertiary/aromatic N) is 5. The van der Waals surface area contributed by atoms with E-state index >= 15 is 4.39 Å². The first-order valence-electron chi connectivity index (χ1n) is 11.2. The van der Waals surface area contributed by atoms with E-state index in [1.54, 1.807) is 12.1 Å². The van der Waals surface area contributed by atoms with Crippen LogP contribution in [0.4, 0.5) is 20.6 Å². The summed E-state index contributed by atoms with van der Waals surface area (Å²) in [5.41, 5.74) is 1.51. The summed E-state index contributed by atoms with van der Waals surface area (Å²) in [6.45, 7) is 5.94. The number of hydrogen-bond acceptors (Lipinski definition) is 7. The van der Waals surface area contributed by atoms with Crippen molar-refractivity contribution in [2.45, 2.75) is 44.4 Å². The average Bonchev–Trinajstić information content (AvgIpc) is 3.20. The van der Waals surface area contributed by atoms with Gasteiger partial charge in [-0.3, -0.25) is 9.69 Å². The summed E-state index contributed by atoms with van der Waals surface area (Å²) >= 11 is 0. The van der Waals surface area contributed by atoms with Crippen LogP contribution in [-0.4, -0.2) is 65.9 Å². The second kappa shape index (κ2) is 8.29. The smallest absolute Gasteiger partial charge is 0.414 e. The predicted octanol–water partition coefficient (Wildman–Crippen LogP) is 1.97. The van der Waals surface area contributed by atoms with Crippen LogP contribution in [0.1, 0.15) is 38.4 Å². The third-order valence-corrected chi connectivity index (χ3v) is 6.50. The monoisotopic (exact) mass is 458 g/mol. The number of carbonyl (C=O) groups excluding carboxylic acids is 2. The van der Waals surface area contributed by atoms with Gasteiger partial charge in [-0.15, -0.1) is 5.10 Å². The molecule has 1 aromatic heterocycles. The largest absolute Gasteiger partial charge is 0.442 e. The summed E-state index contributed by atoms with van der Waals surface area (Å²) in [5.74, 6) is -0.579. The van der Waals surface area contributed by atoms with Crippen LogP contribution < -0.4 is 15.1 Å². The maximum atomic E-state index is 15.0. The molecule has 3 saturated heterocycles. The Morgan fingerprint density at radius 2 is 2.09 bits per heavy atom. The predicted molar refractivity (Wildman–Crippen MR) is 117 cm³/mol. The van der Waals surface area contributed by atoms with Crippen molar-refractivity contribution in [3.8, 4) is 0 Å². The topological polar surface area (TPSA) is 105 Å². The molecule has 0 aliphatic carbocycles. The number of epoxide rings is 1. The fourth-order valence-electron chi connectivity index (χ4n) is 4.34. The number of rotatable bonds is 6. The first-order chi connectivity index (χ1) is 15.8. The third kappa shape index (κ3) is 4.37. The first-order valence-corrected chi connectivity index (χ1v) is 11.2. The van der Waals surface area contributed by atoms with Crippen molar-refractivity contribution < 1.29 is 23.5 Å². The summed E-state index contributed by atoms with van der Waals surface area (Å²) in [6.07, 6.45) is 2.60. The van der Waals surface area contributed by atoms with E-state index < -0.39 is 12.2 Å². The van der Waals surface area contributed by atoms with Gasteiger partial charge >= 0.3 is 6.09 Å². The lowest BCUT2D eigenvalue weighted by molar-refractivity contribution is -0.119. The molecule has 0 radical (unpaired) electrons. The van der Waals surface area contributed by atoms with Crippen molar-refractivity contribution >= 4 is 23.4 Å². The molecule has 1 N–H and O–H groups in total. The fraction of sp³-hybridized carbons (Fsp3) is 0.545. The van der Waals surface area contributed by atoms with Crippen LogP contribution in [0.3, 0.4) is 0 Å². The molecule has 3 fully saturated rings. The number of aromatic nitrogens is 3. The Balaban J connectivity index is 1.20. The van der Waals surface area contributed by atoms with Gasteiger partial charge in [-0.2, -0.15) is 0 Å². The first kappa shape index (κ1) is 21.6. The Hall–Kier alpha value is -3.21. The molecule has 176 valence electrons. The highest BCUT2D eigenvalue weighted by Gasteiger charge is 2.44. The Morgan fingerprint density at radius 1 is 1.33 bits per heavy atom. The average molecular weight is 458 g/mol. The molecule has 3 aliphatic heterocycles. The Labute approximate surface area is 190 Å². The van der Waals surface area contributed by atoms with Crippen LogP contribution in [-0.2, 0) is 19.9 Å². The van der Waals surface area contributed by atoms with Crippen LogP contribution in [0.2, 0.25) is 0 Å². The number of halogens is 1. The van der Waals surface area contributed by atoms with E-state index in [0.29, 0.717) is 31.1 Å². The molecule has 2 unspecified atom stereocenters. The number of piperidine rings is 1. The molecule has 11 heteroatoms. The lowest BCUT2D eigenvalue weighted by Gasteiger charge is -2.33. The summed E-state index contributed by atoms with van der Waals surface area (Å²) in [5, 5.41) is 11.2. The maximum absolute atomic E-state index is 15.0. The maximum Gasteiger partial charge on any atom is 0.414 e.